The fraction of sp³-hybridized carbons (Fsp3) is 0.296. The molecule has 190 valence electrons. The molecule has 0 spiro atoms. The van der Waals surface area contributed by atoms with E-state index in [-0.39, 0.29) is 11.8 Å². The van der Waals surface area contributed by atoms with Gasteiger partial charge in [0.25, 0.3) is 0 Å². The molecule has 10 nitrogen and oxygen atoms in total. The normalized spacial score (nSPS) is 18.2. The van der Waals surface area contributed by atoms with E-state index in [9.17, 15) is 4.79 Å². The van der Waals surface area contributed by atoms with Crippen LogP contribution < -0.4 is 22.8 Å². The standard InChI is InChI=1S/C27H31N9O/c1-16(34-29)24-23(13-17-7-9-19(10-8-17)27(37)35-30)33-26-21(15-32-36(26)25(24)28)20-11-12-22(31-14-20)18-5-3-2-4-6-18/h2-6,11-12,14-15,17,19H,7-10,13,28-30H2,1H3,(H,35,37)/b34-16+. The molecule has 10 heteroatoms. The van der Waals surface area contributed by atoms with Crippen molar-refractivity contribution in [1.82, 2.24) is 25.0 Å². The number of hydrogen-bond donors (Lipinski definition) is 4. The molecule has 0 saturated heterocycles. The van der Waals surface area contributed by atoms with Gasteiger partial charge in [-0.05, 0) is 51.0 Å². The van der Waals surface area contributed by atoms with Gasteiger partial charge in [0.05, 0.1) is 28.9 Å². The Morgan fingerprint density at radius 3 is 2.49 bits per heavy atom. The third-order valence-electron chi connectivity index (χ3n) is 7.30. The van der Waals surface area contributed by atoms with Gasteiger partial charge >= 0.3 is 0 Å². The molecule has 4 aromatic rings. The first-order valence-corrected chi connectivity index (χ1v) is 12.4. The Morgan fingerprint density at radius 1 is 1.08 bits per heavy atom. The predicted octanol–water partition coefficient (Wildman–Crippen LogP) is 3.06. The fourth-order valence-corrected chi connectivity index (χ4v) is 5.23. The Labute approximate surface area is 215 Å². The average molecular weight is 498 g/mol. The molecule has 1 saturated carbocycles. The summed E-state index contributed by atoms with van der Waals surface area (Å²) < 4.78 is 1.64. The van der Waals surface area contributed by atoms with Crippen molar-refractivity contribution in [2.45, 2.75) is 39.0 Å². The lowest BCUT2D eigenvalue weighted by atomic mass is 9.79. The first-order chi connectivity index (χ1) is 18.0. The van der Waals surface area contributed by atoms with Crippen LogP contribution in [0.3, 0.4) is 0 Å². The molecule has 1 amide bonds. The number of benzene rings is 1. The maximum atomic E-state index is 11.9. The highest BCUT2D eigenvalue weighted by Crippen LogP contribution is 2.34. The van der Waals surface area contributed by atoms with Gasteiger partial charge in [0.2, 0.25) is 5.91 Å². The molecular weight excluding hydrogens is 466 g/mol. The lowest BCUT2D eigenvalue weighted by molar-refractivity contribution is -0.126. The highest BCUT2D eigenvalue weighted by Gasteiger charge is 2.28. The second-order valence-electron chi connectivity index (χ2n) is 9.56. The Balaban J connectivity index is 1.49. The largest absolute Gasteiger partial charge is 0.383 e. The molecule has 3 heterocycles. The minimum absolute atomic E-state index is 0.0404. The second-order valence-corrected chi connectivity index (χ2v) is 9.56. The van der Waals surface area contributed by atoms with Crippen molar-refractivity contribution >= 4 is 23.1 Å². The van der Waals surface area contributed by atoms with Gasteiger partial charge in [-0.15, -0.1) is 0 Å². The van der Waals surface area contributed by atoms with Crippen molar-refractivity contribution in [3.63, 3.8) is 0 Å². The minimum atomic E-state index is -0.0927. The Bertz CT molecular complexity index is 1440. The van der Waals surface area contributed by atoms with Gasteiger partial charge < -0.3 is 11.6 Å². The highest BCUT2D eigenvalue weighted by atomic mass is 16.2. The molecule has 0 unspecified atom stereocenters. The molecule has 1 aliphatic rings. The first-order valence-electron chi connectivity index (χ1n) is 12.4. The number of aromatic nitrogens is 4. The van der Waals surface area contributed by atoms with Gasteiger partial charge in [-0.2, -0.15) is 14.7 Å². The van der Waals surface area contributed by atoms with Gasteiger partial charge in [-0.1, -0.05) is 36.4 Å². The third kappa shape index (κ3) is 4.75. The number of fused-ring (bicyclic) bond motifs is 1. The quantitative estimate of drug-likeness (QED) is 0.138. The number of carbonyl (C=O) groups is 1. The zero-order chi connectivity index (χ0) is 25.9. The average Bonchev–Trinajstić information content (AvgIpc) is 3.37. The van der Waals surface area contributed by atoms with Crippen LogP contribution in [0.1, 0.15) is 43.9 Å². The summed E-state index contributed by atoms with van der Waals surface area (Å²) in [6, 6.07) is 14.1. The number of rotatable bonds is 6. The summed E-state index contributed by atoms with van der Waals surface area (Å²) in [7, 11) is 0. The summed E-state index contributed by atoms with van der Waals surface area (Å²) in [5.41, 5.74) is 15.4. The molecule has 3 aromatic heterocycles. The van der Waals surface area contributed by atoms with E-state index < -0.39 is 0 Å². The van der Waals surface area contributed by atoms with Crippen LogP contribution in [0.2, 0.25) is 0 Å². The number of hydrazone groups is 1. The van der Waals surface area contributed by atoms with E-state index in [0.717, 1.165) is 53.8 Å². The summed E-state index contributed by atoms with van der Waals surface area (Å²) in [6.07, 6.45) is 7.69. The molecule has 37 heavy (non-hydrogen) atoms. The van der Waals surface area contributed by atoms with E-state index in [1.807, 2.05) is 55.6 Å². The SMILES string of the molecule is C/C(=N\N)c1c(CC2CCC(C(=O)NN)CC2)nc2c(-c3ccc(-c4ccccc4)nc3)cnn2c1N. The number of nitrogen functional groups attached to an aromatic ring is 1. The smallest absolute Gasteiger partial charge is 0.236 e. The number of nitrogens with two attached hydrogens (primary N) is 3. The first kappa shape index (κ1) is 24.4. The second kappa shape index (κ2) is 10.4. The van der Waals surface area contributed by atoms with E-state index in [0.29, 0.717) is 35.1 Å². The van der Waals surface area contributed by atoms with Crippen molar-refractivity contribution in [3.8, 4) is 22.4 Å². The maximum absolute atomic E-state index is 11.9. The minimum Gasteiger partial charge on any atom is -0.383 e. The Kier molecular flexibility index (Phi) is 6.82. The molecule has 0 radical (unpaired) electrons. The van der Waals surface area contributed by atoms with Gasteiger partial charge in [-0.25, -0.2) is 10.8 Å². The van der Waals surface area contributed by atoms with Gasteiger partial charge in [0, 0.05) is 28.8 Å². The number of anilines is 1. The number of nitrogens with one attached hydrogen (secondary N) is 1. The highest BCUT2D eigenvalue weighted by molar-refractivity contribution is 6.04. The van der Waals surface area contributed by atoms with Crippen molar-refractivity contribution < 1.29 is 4.79 Å². The van der Waals surface area contributed by atoms with E-state index in [1.54, 1.807) is 10.7 Å². The van der Waals surface area contributed by atoms with Crippen LogP contribution in [0.15, 0.2) is 60.0 Å². The molecule has 5 rings (SSSR count). The molecule has 1 fully saturated rings. The molecule has 0 aliphatic heterocycles. The van der Waals surface area contributed by atoms with Crippen molar-refractivity contribution in [2.24, 2.45) is 28.6 Å². The Hall–Kier alpha value is -4.31. The monoisotopic (exact) mass is 497 g/mol. The number of hydrazine groups is 1. The van der Waals surface area contributed by atoms with E-state index in [1.165, 1.54) is 0 Å². The topological polar surface area (TPSA) is 163 Å². The summed E-state index contributed by atoms with van der Waals surface area (Å²) in [6.45, 7) is 1.82. The Morgan fingerprint density at radius 2 is 1.84 bits per heavy atom. The summed E-state index contributed by atoms with van der Waals surface area (Å²) in [5.74, 6) is 11.7. The number of pyridine rings is 1. The van der Waals surface area contributed by atoms with Gasteiger partial charge in [-0.3, -0.25) is 15.2 Å². The van der Waals surface area contributed by atoms with Crippen LogP contribution in [-0.4, -0.2) is 31.2 Å². The van der Waals surface area contributed by atoms with Crippen LogP contribution in [-0.2, 0) is 11.2 Å². The van der Waals surface area contributed by atoms with Crippen LogP contribution >= 0.6 is 0 Å². The summed E-state index contributed by atoms with van der Waals surface area (Å²) in [4.78, 5) is 21.6. The lowest BCUT2D eigenvalue weighted by Gasteiger charge is -2.27. The van der Waals surface area contributed by atoms with Gasteiger partial charge in [0.1, 0.15) is 5.82 Å². The van der Waals surface area contributed by atoms with Crippen LogP contribution in [0.5, 0.6) is 0 Å². The van der Waals surface area contributed by atoms with Crippen molar-refractivity contribution in [1.29, 1.82) is 0 Å². The molecule has 0 atom stereocenters. The van der Waals surface area contributed by atoms with Gasteiger partial charge in [0.15, 0.2) is 5.65 Å². The zero-order valence-electron chi connectivity index (χ0n) is 20.8. The number of nitrogens with zero attached hydrogens (tertiary/aromatic N) is 5. The fourth-order valence-electron chi connectivity index (χ4n) is 5.23. The number of carbonyl (C=O) groups excluding carboxylic acids is 1. The lowest BCUT2D eigenvalue weighted by Crippen LogP contribution is -2.37. The molecule has 1 aliphatic carbocycles. The van der Waals surface area contributed by atoms with E-state index in [2.05, 4.69) is 20.6 Å². The third-order valence-corrected chi connectivity index (χ3v) is 7.30. The molecule has 7 N–H and O–H groups in total. The van der Waals surface area contributed by atoms with Crippen LogP contribution in [0, 0.1) is 11.8 Å². The zero-order valence-corrected chi connectivity index (χ0v) is 20.8. The number of amides is 1. The van der Waals surface area contributed by atoms with Crippen LogP contribution in [0.4, 0.5) is 5.82 Å². The van der Waals surface area contributed by atoms with Crippen LogP contribution in [0.25, 0.3) is 28.0 Å². The summed E-state index contributed by atoms with van der Waals surface area (Å²) >= 11 is 0. The van der Waals surface area contributed by atoms with E-state index >= 15 is 0 Å². The molecular formula is C27H31N9O. The maximum Gasteiger partial charge on any atom is 0.236 e. The van der Waals surface area contributed by atoms with E-state index in [4.69, 9.17) is 22.4 Å². The molecule has 1 aromatic carbocycles. The van der Waals surface area contributed by atoms with Crippen molar-refractivity contribution in [2.75, 3.05) is 5.73 Å². The predicted molar refractivity (Wildman–Crippen MR) is 144 cm³/mol. The number of hydrogen-bond acceptors (Lipinski definition) is 8. The molecule has 0 bridgehead atoms. The summed E-state index contributed by atoms with van der Waals surface area (Å²) in [5, 5.41) is 8.44. The van der Waals surface area contributed by atoms with Crippen molar-refractivity contribution in [3.05, 3.63) is 66.1 Å².